The van der Waals surface area contributed by atoms with Gasteiger partial charge in [0.05, 0.1) is 17.2 Å². The first-order valence-corrected chi connectivity index (χ1v) is 7.30. The number of ether oxygens (including phenoxy) is 2. The minimum Gasteiger partial charge on any atom is -0.493 e. The summed E-state index contributed by atoms with van der Waals surface area (Å²) >= 11 is 11.7. The quantitative estimate of drug-likeness (QED) is 0.801. The Kier molecular flexibility index (Phi) is 5.84. The lowest BCUT2D eigenvalue weighted by Gasteiger charge is -2.11. The molecule has 0 unspecified atom stereocenters. The number of hydrogen-bond donors (Lipinski definition) is 1. The van der Waals surface area contributed by atoms with Crippen molar-refractivity contribution >= 4 is 41.1 Å². The van der Waals surface area contributed by atoms with E-state index in [9.17, 15) is 9.59 Å². The van der Waals surface area contributed by atoms with Crippen LogP contribution in [-0.4, -0.2) is 25.9 Å². The molecule has 0 radical (unpaired) electrons. The molecule has 0 aromatic heterocycles. The first-order chi connectivity index (χ1) is 11.0. The smallest absolute Gasteiger partial charge is 0.262 e. The Hall–Kier alpha value is -2.24. The maximum atomic E-state index is 11.9. The Morgan fingerprint density at radius 2 is 1.91 bits per heavy atom. The zero-order valence-corrected chi connectivity index (χ0v) is 13.6. The fourth-order valence-electron chi connectivity index (χ4n) is 1.79. The van der Waals surface area contributed by atoms with E-state index >= 15 is 0 Å². The van der Waals surface area contributed by atoms with Crippen LogP contribution in [0.1, 0.15) is 10.4 Å². The molecule has 0 saturated heterocycles. The molecule has 2 aromatic carbocycles. The predicted molar refractivity (Wildman–Crippen MR) is 89.0 cm³/mol. The Morgan fingerprint density at radius 3 is 2.57 bits per heavy atom. The molecule has 0 fully saturated rings. The van der Waals surface area contributed by atoms with Crippen molar-refractivity contribution in [2.24, 2.45) is 0 Å². The van der Waals surface area contributed by atoms with E-state index in [1.165, 1.54) is 13.2 Å². The van der Waals surface area contributed by atoms with Crippen LogP contribution >= 0.6 is 23.2 Å². The molecular formula is C16H13Cl2NO4. The van der Waals surface area contributed by atoms with Gasteiger partial charge in [-0.1, -0.05) is 23.2 Å². The van der Waals surface area contributed by atoms with Crippen molar-refractivity contribution in [3.05, 3.63) is 52.0 Å². The largest absolute Gasteiger partial charge is 0.493 e. The normalized spacial score (nSPS) is 10.0. The van der Waals surface area contributed by atoms with Crippen LogP contribution in [0.2, 0.25) is 10.0 Å². The molecule has 0 aliphatic heterocycles. The maximum absolute atomic E-state index is 11.9. The van der Waals surface area contributed by atoms with Crippen molar-refractivity contribution in [3.63, 3.8) is 0 Å². The van der Waals surface area contributed by atoms with Crippen LogP contribution in [-0.2, 0) is 4.79 Å². The predicted octanol–water partition coefficient (Wildman–Crippen LogP) is 3.83. The molecular weight excluding hydrogens is 341 g/mol. The summed E-state index contributed by atoms with van der Waals surface area (Å²) < 4.78 is 10.5. The second kappa shape index (κ2) is 7.85. The molecule has 2 aromatic rings. The van der Waals surface area contributed by atoms with Crippen LogP contribution in [0.4, 0.5) is 5.69 Å². The molecule has 120 valence electrons. The molecule has 23 heavy (non-hydrogen) atoms. The standard InChI is InChI=1S/C16H13Cl2NO4/c1-22-15-6-10(8-20)2-5-14(15)23-9-16(21)19-11-3-4-12(17)13(18)7-11/h2-8H,9H2,1H3,(H,19,21). The minimum atomic E-state index is -0.370. The first kappa shape index (κ1) is 17.1. The van der Waals surface area contributed by atoms with E-state index in [4.69, 9.17) is 32.7 Å². The Bertz CT molecular complexity index is 734. The Balaban J connectivity index is 1.98. The summed E-state index contributed by atoms with van der Waals surface area (Å²) in [7, 11) is 1.45. The van der Waals surface area contributed by atoms with E-state index in [1.807, 2.05) is 0 Å². The van der Waals surface area contributed by atoms with Crippen molar-refractivity contribution < 1.29 is 19.1 Å². The number of aldehydes is 1. The maximum Gasteiger partial charge on any atom is 0.262 e. The van der Waals surface area contributed by atoms with Crippen LogP contribution in [0.5, 0.6) is 11.5 Å². The lowest BCUT2D eigenvalue weighted by atomic mass is 10.2. The van der Waals surface area contributed by atoms with Crippen molar-refractivity contribution in [2.75, 3.05) is 19.0 Å². The number of rotatable bonds is 6. The number of nitrogens with one attached hydrogen (secondary N) is 1. The number of benzene rings is 2. The summed E-state index contributed by atoms with van der Waals surface area (Å²) in [5, 5.41) is 3.38. The van der Waals surface area contributed by atoms with Crippen LogP contribution in [0, 0.1) is 0 Å². The van der Waals surface area contributed by atoms with Gasteiger partial charge in [-0.3, -0.25) is 9.59 Å². The van der Waals surface area contributed by atoms with Crippen molar-refractivity contribution in [1.82, 2.24) is 0 Å². The SMILES string of the molecule is COc1cc(C=O)ccc1OCC(=O)Nc1ccc(Cl)c(Cl)c1. The van der Waals surface area contributed by atoms with Gasteiger partial charge >= 0.3 is 0 Å². The highest BCUT2D eigenvalue weighted by Gasteiger charge is 2.09. The van der Waals surface area contributed by atoms with Crippen molar-refractivity contribution in [1.29, 1.82) is 0 Å². The third-order valence-electron chi connectivity index (χ3n) is 2.89. The first-order valence-electron chi connectivity index (χ1n) is 6.54. The number of carbonyl (C=O) groups excluding carboxylic acids is 2. The Labute approximate surface area is 143 Å². The average Bonchev–Trinajstić information content (AvgIpc) is 2.56. The number of methoxy groups -OCH3 is 1. The Morgan fingerprint density at radius 1 is 1.13 bits per heavy atom. The summed E-state index contributed by atoms with van der Waals surface area (Å²) in [5.74, 6) is 0.365. The molecule has 0 aliphatic carbocycles. The third kappa shape index (κ3) is 4.61. The van der Waals surface area contributed by atoms with Gasteiger partial charge in [-0.2, -0.15) is 0 Å². The zero-order valence-electron chi connectivity index (χ0n) is 12.1. The third-order valence-corrected chi connectivity index (χ3v) is 3.62. The molecule has 7 heteroatoms. The molecule has 0 atom stereocenters. The van der Waals surface area contributed by atoms with Gasteiger partial charge in [0.25, 0.3) is 5.91 Å². The monoisotopic (exact) mass is 353 g/mol. The molecule has 5 nitrogen and oxygen atoms in total. The summed E-state index contributed by atoms with van der Waals surface area (Å²) in [4.78, 5) is 22.6. The summed E-state index contributed by atoms with van der Waals surface area (Å²) in [6.07, 6.45) is 0.698. The molecule has 0 heterocycles. The van der Waals surface area contributed by atoms with E-state index in [-0.39, 0.29) is 12.5 Å². The number of amides is 1. The lowest BCUT2D eigenvalue weighted by molar-refractivity contribution is -0.118. The van der Waals surface area contributed by atoms with Crippen LogP contribution in [0.3, 0.4) is 0 Å². The number of hydrogen-bond acceptors (Lipinski definition) is 4. The molecule has 1 N–H and O–H groups in total. The van der Waals surface area contributed by atoms with Gasteiger partial charge < -0.3 is 14.8 Å². The number of carbonyl (C=O) groups is 2. The molecule has 2 rings (SSSR count). The number of anilines is 1. The van der Waals surface area contributed by atoms with Gasteiger partial charge in [0.15, 0.2) is 18.1 Å². The van der Waals surface area contributed by atoms with Gasteiger partial charge in [0.2, 0.25) is 0 Å². The number of halogens is 2. The highest BCUT2D eigenvalue weighted by molar-refractivity contribution is 6.42. The molecule has 0 spiro atoms. The summed E-state index contributed by atoms with van der Waals surface area (Å²) in [5.41, 5.74) is 0.964. The zero-order chi connectivity index (χ0) is 16.8. The van der Waals surface area contributed by atoms with E-state index in [1.54, 1.807) is 30.3 Å². The molecule has 0 aliphatic rings. The summed E-state index contributed by atoms with van der Waals surface area (Å²) in [6.45, 7) is -0.225. The van der Waals surface area contributed by atoms with Crippen molar-refractivity contribution in [3.8, 4) is 11.5 Å². The van der Waals surface area contributed by atoms with E-state index in [0.29, 0.717) is 39.1 Å². The van der Waals surface area contributed by atoms with E-state index < -0.39 is 0 Å². The molecule has 0 saturated carbocycles. The van der Waals surface area contributed by atoms with Gasteiger partial charge in [-0.05, 0) is 36.4 Å². The topological polar surface area (TPSA) is 64.6 Å². The highest BCUT2D eigenvalue weighted by atomic mass is 35.5. The average molecular weight is 354 g/mol. The second-order valence-electron chi connectivity index (χ2n) is 4.49. The molecule has 1 amide bonds. The van der Waals surface area contributed by atoms with Gasteiger partial charge in [-0.15, -0.1) is 0 Å². The highest BCUT2D eigenvalue weighted by Crippen LogP contribution is 2.28. The molecule has 0 bridgehead atoms. The van der Waals surface area contributed by atoms with Gasteiger partial charge in [0, 0.05) is 11.3 Å². The second-order valence-corrected chi connectivity index (χ2v) is 5.31. The van der Waals surface area contributed by atoms with Crippen LogP contribution < -0.4 is 14.8 Å². The van der Waals surface area contributed by atoms with E-state index in [0.717, 1.165) is 0 Å². The van der Waals surface area contributed by atoms with Gasteiger partial charge in [-0.25, -0.2) is 0 Å². The fourth-order valence-corrected chi connectivity index (χ4v) is 2.09. The van der Waals surface area contributed by atoms with Crippen molar-refractivity contribution in [2.45, 2.75) is 0 Å². The minimum absolute atomic E-state index is 0.225. The fraction of sp³-hybridized carbons (Fsp3) is 0.125. The van der Waals surface area contributed by atoms with Crippen LogP contribution in [0.25, 0.3) is 0 Å². The van der Waals surface area contributed by atoms with E-state index in [2.05, 4.69) is 5.32 Å². The van der Waals surface area contributed by atoms with Crippen LogP contribution in [0.15, 0.2) is 36.4 Å². The van der Waals surface area contributed by atoms with Gasteiger partial charge in [0.1, 0.15) is 6.29 Å². The lowest BCUT2D eigenvalue weighted by Crippen LogP contribution is -2.20. The summed E-state index contributed by atoms with van der Waals surface area (Å²) in [6, 6.07) is 9.42.